The molecule has 2 N–H and O–H groups in total. The Morgan fingerprint density at radius 3 is 1.73 bits per heavy atom. The third-order valence-electron chi connectivity index (χ3n) is 4.15. The number of halogens is 1. The maximum Gasteiger partial charge on any atom is 0.321 e. The van der Waals surface area contributed by atoms with Gasteiger partial charge in [0, 0.05) is 5.41 Å². The molecule has 2 atom stereocenters. The van der Waals surface area contributed by atoms with Crippen molar-refractivity contribution in [1.82, 2.24) is 0 Å². The molecule has 0 aromatic rings. The first kappa shape index (κ1) is 12.5. The van der Waals surface area contributed by atoms with Crippen molar-refractivity contribution >= 4 is 27.9 Å². The van der Waals surface area contributed by atoms with E-state index in [9.17, 15) is 19.8 Å². The molecular formula is C10H15BrO4. The van der Waals surface area contributed by atoms with Gasteiger partial charge in [-0.15, -0.1) is 0 Å². The lowest BCUT2D eigenvalue weighted by Crippen LogP contribution is -2.50. The summed E-state index contributed by atoms with van der Waals surface area (Å²) in [6.45, 7) is 5.00. The van der Waals surface area contributed by atoms with Gasteiger partial charge in [0.25, 0.3) is 0 Å². The van der Waals surface area contributed by atoms with Crippen LogP contribution >= 0.6 is 15.9 Å². The minimum Gasteiger partial charge on any atom is -0.481 e. The summed E-state index contributed by atoms with van der Waals surface area (Å²) in [5.74, 6) is -1.92. The molecule has 0 saturated heterocycles. The molecule has 0 bridgehead atoms. The Morgan fingerprint density at radius 1 is 1.07 bits per heavy atom. The number of aliphatic carboxylic acids is 2. The van der Waals surface area contributed by atoms with Gasteiger partial charge in [0.2, 0.25) is 0 Å². The van der Waals surface area contributed by atoms with Crippen LogP contribution in [-0.2, 0) is 9.59 Å². The van der Waals surface area contributed by atoms with Gasteiger partial charge in [-0.05, 0) is 19.8 Å². The highest BCUT2D eigenvalue weighted by molar-refractivity contribution is 9.10. The number of hydrogen-bond acceptors (Lipinski definition) is 2. The van der Waals surface area contributed by atoms with Gasteiger partial charge in [-0.25, -0.2) is 0 Å². The van der Waals surface area contributed by atoms with Crippen molar-refractivity contribution in [1.29, 1.82) is 0 Å². The second-order valence-corrected chi connectivity index (χ2v) is 6.22. The third-order valence-corrected chi connectivity index (χ3v) is 5.88. The SMILES string of the molecule is CC1(C)[C@](C)(C(=O)O)CC[C@]1(Br)C(=O)O. The van der Waals surface area contributed by atoms with Gasteiger partial charge < -0.3 is 10.2 Å². The van der Waals surface area contributed by atoms with Crippen LogP contribution in [0.5, 0.6) is 0 Å². The molecule has 0 aliphatic heterocycles. The van der Waals surface area contributed by atoms with Crippen LogP contribution in [0.1, 0.15) is 33.6 Å². The summed E-state index contributed by atoms with van der Waals surface area (Å²) in [5, 5.41) is 18.4. The Labute approximate surface area is 96.8 Å². The Bertz CT molecular complexity index is 295. The van der Waals surface area contributed by atoms with E-state index in [2.05, 4.69) is 15.9 Å². The van der Waals surface area contributed by atoms with E-state index in [0.29, 0.717) is 12.8 Å². The number of carboxylic acid groups (broad SMARTS) is 2. The van der Waals surface area contributed by atoms with E-state index in [0.717, 1.165) is 0 Å². The van der Waals surface area contributed by atoms with Gasteiger partial charge in [-0.1, -0.05) is 29.8 Å². The van der Waals surface area contributed by atoms with Crippen LogP contribution in [0.15, 0.2) is 0 Å². The Balaban J connectivity index is 3.26. The fourth-order valence-corrected chi connectivity index (χ4v) is 2.87. The van der Waals surface area contributed by atoms with E-state index in [4.69, 9.17) is 0 Å². The highest BCUT2D eigenvalue weighted by Crippen LogP contribution is 2.61. The van der Waals surface area contributed by atoms with Crippen molar-refractivity contribution in [2.24, 2.45) is 10.8 Å². The minimum atomic E-state index is -1.15. The Morgan fingerprint density at radius 2 is 1.53 bits per heavy atom. The minimum absolute atomic E-state index is 0.331. The fourth-order valence-electron chi connectivity index (χ4n) is 2.23. The van der Waals surface area contributed by atoms with Crippen LogP contribution in [0.2, 0.25) is 0 Å². The van der Waals surface area contributed by atoms with Gasteiger partial charge in [-0.3, -0.25) is 9.59 Å². The molecule has 1 aliphatic rings. The highest BCUT2D eigenvalue weighted by atomic mass is 79.9. The second kappa shape index (κ2) is 3.20. The zero-order chi connectivity index (χ0) is 12.1. The summed E-state index contributed by atoms with van der Waals surface area (Å²) in [7, 11) is 0. The third kappa shape index (κ3) is 1.32. The average Bonchev–Trinajstić information content (AvgIpc) is 2.28. The summed E-state index contributed by atoms with van der Waals surface area (Å²) in [5.41, 5.74) is -1.84. The molecule has 86 valence electrons. The van der Waals surface area contributed by atoms with Gasteiger partial charge in [0.05, 0.1) is 5.41 Å². The number of rotatable bonds is 2. The monoisotopic (exact) mass is 278 g/mol. The number of hydrogen-bond donors (Lipinski definition) is 2. The maximum absolute atomic E-state index is 11.2. The van der Waals surface area contributed by atoms with Crippen molar-refractivity contribution in [2.45, 2.75) is 37.9 Å². The highest BCUT2D eigenvalue weighted by Gasteiger charge is 2.66. The predicted octanol–water partition coefficient (Wildman–Crippen LogP) is 2.12. The van der Waals surface area contributed by atoms with Crippen LogP contribution in [0, 0.1) is 10.8 Å². The summed E-state index contributed by atoms with van der Waals surface area (Å²) < 4.78 is -1.15. The van der Waals surface area contributed by atoms with Crippen molar-refractivity contribution in [3.8, 4) is 0 Å². The Hall–Kier alpha value is -0.580. The molecule has 0 radical (unpaired) electrons. The van der Waals surface area contributed by atoms with Crippen LogP contribution in [-0.4, -0.2) is 26.5 Å². The molecule has 0 aromatic carbocycles. The van der Waals surface area contributed by atoms with E-state index in [-0.39, 0.29) is 0 Å². The molecular weight excluding hydrogens is 264 g/mol. The predicted molar refractivity (Wildman–Crippen MR) is 58.1 cm³/mol. The molecule has 1 rings (SSSR count). The molecule has 1 fully saturated rings. The number of carbonyl (C=O) groups is 2. The maximum atomic E-state index is 11.2. The summed E-state index contributed by atoms with van der Waals surface area (Å²) in [6, 6.07) is 0. The normalized spacial score (nSPS) is 38.9. The topological polar surface area (TPSA) is 74.6 Å². The van der Waals surface area contributed by atoms with Gasteiger partial charge >= 0.3 is 11.9 Å². The molecule has 5 heteroatoms. The van der Waals surface area contributed by atoms with E-state index < -0.39 is 27.1 Å². The van der Waals surface area contributed by atoms with Crippen molar-refractivity contribution in [2.75, 3.05) is 0 Å². The lowest BCUT2D eigenvalue weighted by molar-refractivity contribution is -0.156. The molecule has 0 spiro atoms. The zero-order valence-electron chi connectivity index (χ0n) is 9.00. The van der Waals surface area contributed by atoms with E-state index in [1.54, 1.807) is 20.8 Å². The summed E-state index contributed by atoms with van der Waals surface area (Å²) in [4.78, 5) is 22.4. The van der Waals surface area contributed by atoms with Crippen LogP contribution in [0.3, 0.4) is 0 Å². The Kier molecular flexibility index (Phi) is 2.67. The molecule has 0 unspecified atom stereocenters. The summed E-state index contributed by atoms with van der Waals surface area (Å²) in [6.07, 6.45) is 0.699. The molecule has 1 aliphatic carbocycles. The van der Waals surface area contributed by atoms with Gasteiger partial charge in [0.15, 0.2) is 0 Å². The first-order valence-electron chi connectivity index (χ1n) is 4.75. The van der Waals surface area contributed by atoms with Crippen LogP contribution in [0.4, 0.5) is 0 Å². The van der Waals surface area contributed by atoms with E-state index in [1.165, 1.54) is 0 Å². The van der Waals surface area contributed by atoms with Crippen molar-refractivity contribution in [3.63, 3.8) is 0 Å². The van der Waals surface area contributed by atoms with E-state index in [1.807, 2.05) is 0 Å². The first-order chi connectivity index (χ1) is 6.59. The standard InChI is InChI=1S/C10H15BrO4/c1-8(2)9(3,6(12)13)4-5-10(8,11)7(14)15/h4-5H2,1-3H3,(H,12,13)(H,14,15)/t9-,10-/m0/s1. The number of carboxylic acids is 2. The van der Waals surface area contributed by atoms with Crippen LogP contribution in [0.25, 0.3) is 0 Å². The van der Waals surface area contributed by atoms with Crippen molar-refractivity contribution < 1.29 is 19.8 Å². The fraction of sp³-hybridized carbons (Fsp3) is 0.800. The quantitative estimate of drug-likeness (QED) is 0.759. The zero-order valence-corrected chi connectivity index (χ0v) is 10.6. The van der Waals surface area contributed by atoms with Crippen LogP contribution < -0.4 is 0 Å². The molecule has 1 saturated carbocycles. The van der Waals surface area contributed by atoms with Crippen molar-refractivity contribution in [3.05, 3.63) is 0 Å². The second-order valence-electron chi connectivity index (χ2n) is 4.87. The first-order valence-corrected chi connectivity index (χ1v) is 5.54. The lowest BCUT2D eigenvalue weighted by Gasteiger charge is -2.41. The number of alkyl halides is 1. The smallest absolute Gasteiger partial charge is 0.321 e. The van der Waals surface area contributed by atoms with Gasteiger partial charge in [0.1, 0.15) is 4.32 Å². The lowest BCUT2D eigenvalue weighted by atomic mass is 9.65. The molecule has 0 amide bonds. The average molecular weight is 279 g/mol. The molecule has 15 heavy (non-hydrogen) atoms. The summed E-state index contributed by atoms with van der Waals surface area (Å²) >= 11 is 3.21. The van der Waals surface area contributed by atoms with Gasteiger partial charge in [-0.2, -0.15) is 0 Å². The molecule has 0 heterocycles. The molecule has 0 aromatic heterocycles. The van der Waals surface area contributed by atoms with E-state index >= 15 is 0 Å². The largest absolute Gasteiger partial charge is 0.481 e. The molecule has 4 nitrogen and oxygen atoms in total.